The molecule has 1 amide bonds. The van der Waals surface area contributed by atoms with Crippen LogP contribution in [0.3, 0.4) is 0 Å². The van der Waals surface area contributed by atoms with Gasteiger partial charge in [-0.15, -0.1) is 0 Å². The minimum absolute atomic E-state index is 0.0210. The van der Waals surface area contributed by atoms with Crippen LogP contribution >= 0.6 is 11.9 Å². The van der Waals surface area contributed by atoms with Crippen LogP contribution in [0.15, 0.2) is 24.3 Å². The van der Waals surface area contributed by atoms with Gasteiger partial charge in [-0.25, -0.2) is 4.31 Å². The lowest BCUT2D eigenvalue weighted by Crippen LogP contribution is -2.26. The maximum atomic E-state index is 11.8. The standard InChI is InChI=1S/C12H16N2O2S/c1-16-11-5-2-4-10(8-11)13-12(15)9-14-6-3-7-17-14/h2,4-5,8H,3,6-7,9H2,1H3,(H,13,15). The minimum Gasteiger partial charge on any atom is -0.497 e. The van der Waals surface area contributed by atoms with E-state index in [1.807, 2.05) is 24.3 Å². The van der Waals surface area contributed by atoms with Crippen LogP contribution in [-0.4, -0.2) is 36.2 Å². The number of nitrogens with zero attached hydrogens (tertiary/aromatic N) is 1. The normalized spacial score (nSPS) is 15.8. The van der Waals surface area contributed by atoms with Crippen LogP contribution in [0.25, 0.3) is 0 Å². The van der Waals surface area contributed by atoms with Crippen LogP contribution in [0.1, 0.15) is 6.42 Å². The van der Waals surface area contributed by atoms with E-state index in [1.54, 1.807) is 19.1 Å². The average molecular weight is 252 g/mol. The first-order valence-corrected chi connectivity index (χ1v) is 6.54. The number of rotatable bonds is 4. The summed E-state index contributed by atoms with van der Waals surface area (Å²) < 4.78 is 7.20. The largest absolute Gasteiger partial charge is 0.497 e. The molecule has 92 valence electrons. The van der Waals surface area contributed by atoms with E-state index in [2.05, 4.69) is 9.62 Å². The topological polar surface area (TPSA) is 41.6 Å². The zero-order valence-corrected chi connectivity index (χ0v) is 10.6. The second kappa shape index (κ2) is 5.93. The van der Waals surface area contributed by atoms with Gasteiger partial charge in [-0.2, -0.15) is 0 Å². The van der Waals surface area contributed by atoms with Crippen LogP contribution in [0.4, 0.5) is 5.69 Å². The fourth-order valence-corrected chi connectivity index (χ4v) is 2.67. The van der Waals surface area contributed by atoms with Gasteiger partial charge in [0.05, 0.1) is 13.7 Å². The van der Waals surface area contributed by atoms with Gasteiger partial charge < -0.3 is 10.1 Å². The van der Waals surface area contributed by atoms with Crippen molar-refractivity contribution >= 4 is 23.5 Å². The molecule has 2 rings (SSSR count). The van der Waals surface area contributed by atoms with Crippen molar-refractivity contribution in [3.8, 4) is 5.75 Å². The molecule has 4 nitrogen and oxygen atoms in total. The molecule has 1 aromatic rings. The third kappa shape index (κ3) is 3.64. The van der Waals surface area contributed by atoms with E-state index in [0.717, 1.165) is 30.2 Å². The lowest BCUT2D eigenvalue weighted by molar-refractivity contribution is -0.116. The number of amides is 1. The molecule has 0 aromatic heterocycles. The summed E-state index contributed by atoms with van der Waals surface area (Å²) in [7, 11) is 1.61. The summed E-state index contributed by atoms with van der Waals surface area (Å²) in [5, 5.41) is 2.87. The molecule has 1 aliphatic heterocycles. The smallest absolute Gasteiger partial charge is 0.239 e. The van der Waals surface area contributed by atoms with Gasteiger partial charge in [0.1, 0.15) is 5.75 Å². The Kier molecular flexibility index (Phi) is 4.28. The quantitative estimate of drug-likeness (QED) is 0.832. The fraction of sp³-hybridized carbons (Fsp3) is 0.417. The van der Waals surface area contributed by atoms with Crippen LogP contribution < -0.4 is 10.1 Å². The number of carbonyl (C=O) groups excluding carboxylic acids is 1. The summed E-state index contributed by atoms with van der Waals surface area (Å²) in [6.07, 6.45) is 1.16. The van der Waals surface area contributed by atoms with E-state index < -0.39 is 0 Å². The van der Waals surface area contributed by atoms with E-state index >= 15 is 0 Å². The van der Waals surface area contributed by atoms with Gasteiger partial charge in [-0.1, -0.05) is 18.0 Å². The molecule has 1 fully saturated rings. The summed E-state index contributed by atoms with van der Waals surface area (Å²) >= 11 is 1.74. The summed E-state index contributed by atoms with van der Waals surface area (Å²) in [6.45, 7) is 1.44. The number of hydrogen-bond acceptors (Lipinski definition) is 4. The summed E-state index contributed by atoms with van der Waals surface area (Å²) in [6, 6.07) is 7.39. The molecule has 0 atom stereocenters. The molecule has 1 N–H and O–H groups in total. The maximum absolute atomic E-state index is 11.8. The van der Waals surface area contributed by atoms with Gasteiger partial charge in [0.15, 0.2) is 0 Å². The van der Waals surface area contributed by atoms with Crippen molar-refractivity contribution in [2.45, 2.75) is 6.42 Å². The highest BCUT2D eigenvalue weighted by molar-refractivity contribution is 7.97. The summed E-state index contributed by atoms with van der Waals surface area (Å²) in [5.41, 5.74) is 0.776. The van der Waals surface area contributed by atoms with Gasteiger partial charge in [-0.3, -0.25) is 4.79 Å². The van der Waals surface area contributed by atoms with Gasteiger partial charge in [-0.05, 0) is 18.6 Å². The van der Waals surface area contributed by atoms with Crippen molar-refractivity contribution < 1.29 is 9.53 Å². The number of anilines is 1. The maximum Gasteiger partial charge on any atom is 0.239 e. The summed E-state index contributed by atoms with van der Waals surface area (Å²) in [4.78, 5) is 11.8. The lowest BCUT2D eigenvalue weighted by Gasteiger charge is -2.13. The molecule has 0 bridgehead atoms. The van der Waals surface area contributed by atoms with Gasteiger partial charge >= 0.3 is 0 Å². The highest BCUT2D eigenvalue weighted by Gasteiger charge is 2.15. The molecule has 1 heterocycles. The highest BCUT2D eigenvalue weighted by atomic mass is 32.2. The van der Waals surface area contributed by atoms with Crippen LogP contribution in [0.5, 0.6) is 5.75 Å². The molecule has 0 saturated carbocycles. The molecule has 0 aliphatic carbocycles. The lowest BCUT2D eigenvalue weighted by atomic mass is 10.3. The van der Waals surface area contributed by atoms with E-state index in [1.165, 1.54) is 0 Å². The minimum atomic E-state index is 0.0210. The van der Waals surface area contributed by atoms with Crippen molar-refractivity contribution in [3.63, 3.8) is 0 Å². The Hall–Kier alpha value is -1.20. The second-order valence-electron chi connectivity index (χ2n) is 3.83. The zero-order valence-electron chi connectivity index (χ0n) is 9.81. The van der Waals surface area contributed by atoms with Crippen molar-refractivity contribution in [3.05, 3.63) is 24.3 Å². The monoisotopic (exact) mass is 252 g/mol. The SMILES string of the molecule is COc1cccc(NC(=O)CN2CCCS2)c1. The average Bonchev–Trinajstić information content (AvgIpc) is 2.82. The van der Waals surface area contributed by atoms with Crippen molar-refractivity contribution in [2.75, 3.05) is 31.3 Å². The molecule has 1 saturated heterocycles. The molecule has 1 aromatic carbocycles. The third-order valence-corrected chi connectivity index (χ3v) is 3.65. The van der Waals surface area contributed by atoms with Crippen molar-refractivity contribution in [1.82, 2.24) is 4.31 Å². The van der Waals surface area contributed by atoms with Gasteiger partial charge in [0.2, 0.25) is 5.91 Å². The van der Waals surface area contributed by atoms with Crippen LogP contribution in [0.2, 0.25) is 0 Å². The highest BCUT2D eigenvalue weighted by Crippen LogP contribution is 2.20. The molecular formula is C12H16N2O2S. The number of nitrogens with one attached hydrogen (secondary N) is 1. The third-order valence-electron chi connectivity index (χ3n) is 2.50. The van der Waals surface area contributed by atoms with Crippen LogP contribution in [-0.2, 0) is 4.79 Å². The number of hydrogen-bond donors (Lipinski definition) is 1. The number of ether oxygens (including phenoxy) is 1. The number of carbonyl (C=O) groups is 1. The predicted molar refractivity (Wildman–Crippen MR) is 70.3 cm³/mol. The first-order chi connectivity index (χ1) is 8.28. The Morgan fingerprint density at radius 3 is 3.18 bits per heavy atom. The summed E-state index contributed by atoms with van der Waals surface area (Å²) in [5.74, 6) is 1.89. The Morgan fingerprint density at radius 1 is 1.59 bits per heavy atom. The predicted octanol–water partition coefficient (Wildman–Crippen LogP) is 1.99. The first kappa shape index (κ1) is 12.3. The zero-order chi connectivity index (χ0) is 12.1. The van der Waals surface area contributed by atoms with Gasteiger partial charge in [0.25, 0.3) is 0 Å². The van der Waals surface area contributed by atoms with Crippen LogP contribution in [0, 0.1) is 0 Å². The van der Waals surface area contributed by atoms with E-state index in [-0.39, 0.29) is 5.91 Å². The second-order valence-corrected chi connectivity index (χ2v) is 5.01. The molecule has 0 unspecified atom stereocenters. The molecule has 5 heteroatoms. The fourth-order valence-electron chi connectivity index (χ4n) is 1.69. The van der Waals surface area contributed by atoms with E-state index in [9.17, 15) is 4.79 Å². The Labute approximate surface area is 105 Å². The Balaban J connectivity index is 1.88. The molecule has 17 heavy (non-hydrogen) atoms. The molecule has 0 radical (unpaired) electrons. The first-order valence-electron chi connectivity index (χ1n) is 5.60. The number of methoxy groups -OCH3 is 1. The van der Waals surface area contributed by atoms with E-state index in [0.29, 0.717) is 6.54 Å². The van der Waals surface area contributed by atoms with E-state index in [4.69, 9.17) is 4.74 Å². The van der Waals surface area contributed by atoms with Crippen molar-refractivity contribution in [1.29, 1.82) is 0 Å². The molecule has 1 aliphatic rings. The Bertz CT molecular complexity index is 392. The molecular weight excluding hydrogens is 236 g/mol. The van der Waals surface area contributed by atoms with Gasteiger partial charge in [0, 0.05) is 24.1 Å². The van der Waals surface area contributed by atoms with Crippen molar-refractivity contribution in [2.24, 2.45) is 0 Å². The Morgan fingerprint density at radius 2 is 2.47 bits per heavy atom. The molecule has 0 spiro atoms. The number of benzene rings is 1.